The van der Waals surface area contributed by atoms with Crippen LogP contribution in [0.25, 0.3) is 0 Å². The van der Waals surface area contributed by atoms with E-state index < -0.39 is 0 Å². The maximum atomic E-state index is 5.33. The molecular formula is C11H15NO2. The van der Waals surface area contributed by atoms with Gasteiger partial charge in [-0.1, -0.05) is 6.07 Å². The molecule has 0 N–H and O–H groups in total. The molecule has 3 nitrogen and oxygen atoms in total. The molecule has 3 heteroatoms. The molecule has 1 saturated carbocycles. The predicted octanol–water partition coefficient (Wildman–Crippen LogP) is 1.95. The second kappa shape index (κ2) is 3.67. The molecule has 0 spiro atoms. The summed E-state index contributed by atoms with van der Waals surface area (Å²) >= 11 is 0. The van der Waals surface area contributed by atoms with Crippen LogP contribution < -0.4 is 0 Å². The fraction of sp³-hybridized carbons (Fsp3) is 0.545. The van der Waals surface area contributed by atoms with Crippen LogP contribution in [0.2, 0.25) is 0 Å². The van der Waals surface area contributed by atoms with Gasteiger partial charge in [-0.2, -0.15) is 0 Å². The molecule has 1 aliphatic rings. The van der Waals surface area contributed by atoms with Gasteiger partial charge in [0.05, 0.1) is 0 Å². The van der Waals surface area contributed by atoms with Crippen molar-refractivity contribution in [3.8, 4) is 0 Å². The predicted molar refractivity (Wildman–Crippen MR) is 53.0 cm³/mol. The Morgan fingerprint density at radius 3 is 2.57 bits per heavy atom. The van der Waals surface area contributed by atoms with Crippen LogP contribution in [0, 0.1) is 0 Å². The number of ether oxygens (including phenoxy) is 2. The first kappa shape index (κ1) is 9.62. The summed E-state index contributed by atoms with van der Waals surface area (Å²) in [5, 5.41) is 0. The van der Waals surface area contributed by atoms with Crippen molar-refractivity contribution >= 4 is 0 Å². The fourth-order valence-corrected chi connectivity index (χ4v) is 1.96. The van der Waals surface area contributed by atoms with Gasteiger partial charge in [0.1, 0.15) is 0 Å². The Kier molecular flexibility index (Phi) is 2.52. The van der Waals surface area contributed by atoms with E-state index in [4.69, 9.17) is 9.47 Å². The zero-order valence-electron chi connectivity index (χ0n) is 8.56. The molecule has 0 amide bonds. The van der Waals surface area contributed by atoms with E-state index in [0.29, 0.717) is 5.92 Å². The first-order valence-corrected chi connectivity index (χ1v) is 4.80. The SMILES string of the molecule is COC1(OC)CC(c2cccnc2)C1. The summed E-state index contributed by atoms with van der Waals surface area (Å²) in [6, 6.07) is 4.07. The van der Waals surface area contributed by atoms with Gasteiger partial charge < -0.3 is 9.47 Å². The number of rotatable bonds is 3. The van der Waals surface area contributed by atoms with Crippen LogP contribution in [-0.4, -0.2) is 25.0 Å². The normalized spacial score (nSPS) is 20.4. The Morgan fingerprint density at radius 2 is 2.07 bits per heavy atom. The van der Waals surface area contributed by atoms with E-state index in [9.17, 15) is 0 Å². The average molecular weight is 193 g/mol. The molecule has 1 aromatic heterocycles. The highest BCUT2D eigenvalue weighted by Gasteiger charge is 2.45. The largest absolute Gasteiger partial charge is 0.353 e. The van der Waals surface area contributed by atoms with Gasteiger partial charge in [0.15, 0.2) is 5.79 Å². The lowest BCUT2D eigenvalue weighted by atomic mass is 9.75. The zero-order chi connectivity index (χ0) is 10.0. The molecule has 1 fully saturated rings. The van der Waals surface area contributed by atoms with Crippen molar-refractivity contribution in [3.63, 3.8) is 0 Å². The molecule has 0 unspecified atom stereocenters. The minimum Gasteiger partial charge on any atom is -0.353 e. The topological polar surface area (TPSA) is 31.4 Å². The smallest absolute Gasteiger partial charge is 0.168 e. The van der Waals surface area contributed by atoms with Crippen molar-refractivity contribution < 1.29 is 9.47 Å². The van der Waals surface area contributed by atoms with Gasteiger partial charge >= 0.3 is 0 Å². The second-order valence-corrected chi connectivity index (χ2v) is 3.71. The molecule has 0 radical (unpaired) electrons. The van der Waals surface area contributed by atoms with Crippen LogP contribution in [0.15, 0.2) is 24.5 Å². The fourth-order valence-electron chi connectivity index (χ4n) is 1.96. The quantitative estimate of drug-likeness (QED) is 0.687. The summed E-state index contributed by atoms with van der Waals surface area (Å²) in [4.78, 5) is 4.11. The molecule has 2 rings (SSSR count). The van der Waals surface area contributed by atoms with E-state index in [2.05, 4.69) is 11.1 Å². The number of hydrogen-bond acceptors (Lipinski definition) is 3. The molecule has 14 heavy (non-hydrogen) atoms. The summed E-state index contributed by atoms with van der Waals surface area (Å²) in [6.07, 6.45) is 5.55. The summed E-state index contributed by atoms with van der Waals surface area (Å²) in [5.74, 6) is 0.184. The summed E-state index contributed by atoms with van der Waals surface area (Å²) in [5.41, 5.74) is 1.28. The highest BCUT2D eigenvalue weighted by molar-refractivity contribution is 5.19. The monoisotopic (exact) mass is 193 g/mol. The molecule has 1 heterocycles. The lowest BCUT2D eigenvalue weighted by Gasteiger charge is -2.45. The first-order chi connectivity index (χ1) is 6.79. The van der Waals surface area contributed by atoms with Crippen LogP contribution in [-0.2, 0) is 9.47 Å². The van der Waals surface area contributed by atoms with E-state index in [1.807, 2.05) is 12.3 Å². The summed E-state index contributed by atoms with van der Waals surface area (Å²) in [6.45, 7) is 0. The maximum absolute atomic E-state index is 5.33. The number of methoxy groups -OCH3 is 2. The van der Waals surface area contributed by atoms with Crippen molar-refractivity contribution in [2.45, 2.75) is 24.5 Å². The lowest BCUT2D eigenvalue weighted by molar-refractivity contribution is -0.257. The van der Waals surface area contributed by atoms with Gasteiger partial charge in [0.2, 0.25) is 0 Å². The van der Waals surface area contributed by atoms with Crippen LogP contribution >= 0.6 is 0 Å². The van der Waals surface area contributed by atoms with E-state index in [1.165, 1.54) is 5.56 Å². The van der Waals surface area contributed by atoms with Crippen molar-refractivity contribution in [2.75, 3.05) is 14.2 Å². The minimum absolute atomic E-state index is 0.347. The van der Waals surface area contributed by atoms with Crippen LogP contribution in [0.3, 0.4) is 0 Å². The molecule has 1 aromatic rings. The third kappa shape index (κ3) is 1.53. The zero-order valence-corrected chi connectivity index (χ0v) is 8.56. The molecule has 0 aromatic carbocycles. The van der Waals surface area contributed by atoms with Crippen molar-refractivity contribution in [2.24, 2.45) is 0 Å². The van der Waals surface area contributed by atoms with Crippen LogP contribution in [0.4, 0.5) is 0 Å². The van der Waals surface area contributed by atoms with Crippen LogP contribution in [0.5, 0.6) is 0 Å². The van der Waals surface area contributed by atoms with Gasteiger partial charge in [-0.3, -0.25) is 4.98 Å². The highest BCUT2D eigenvalue weighted by Crippen LogP contribution is 2.46. The van der Waals surface area contributed by atoms with E-state index in [0.717, 1.165) is 12.8 Å². The average Bonchev–Trinajstić information content (AvgIpc) is 2.19. The van der Waals surface area contributed by atoms with Gasteiger partial charge in [0, 0.05) is 39.5 Å². The Hall–Kier alpha value is -0.930. The van der Waals surface area contributed by atoms with E-state index >= 15 is 0 Å². The molecule has 0 aliphatic heterocycles. The van der Waals surface area contributed by atoms with Crippen LogP contribution in [0.1, 0.15) is 24.3 Å². The maximum Gasteiger partial charge on any atom is 0.168 e. The van der Waals surface area contributed by atoms with Crippen molar-refractivity contribution in [1.82, 2.24) is 4.98 Å². The molecule has 0 bridgehead atoms. The second-order valence-electron chi connectivity index (χ2n) is 3.71. The number of hydrogen-bond donors (Lipinski definition) is 0. The molecule has 0 atom stereocenters. The molecular weight excluding hydrogens is 178 g/mol. The Morgan fingerprint density at radius 1 is 1.36 bits per heavy atom. The molecule has 0 saturated heterocycles. The lowest BCUT2D eigenvalue weighted by Crippen LogP contribution is -2.45. The summed E-state index contributed by atoms with van der Waals surface area (Å²) < 4.78 is 10.7. The van der Waals surface area contributed by atoms with Gasteiger partial charge in [-0.15, -0.1) is 0 Å². The van der Waals surface area contributed by atoms with Crippen molar-refractivity contribution in [3.05, 3.63) is 30.1 Å². The number of nitrogens with zero attached hydrogens (tertiary/aromatic N) is 1. The number of pyridine rings is 1. The van der Waals surface area contributed by atoms with Gasteiger partial charge in [-0.05, 0) is 17.5 Å². The van der Waals surface area contributed by atoms with Crippen molar-refractivity contribution in [1.29, 1.82) is 0 Å². The Labute approximate surface area is 84.1 Å². The minimum atomic E-state index is -0.347. The van der Waals surface area contributed by atoms with E-state index in [-0.39, 0.29) is 5.79 Å². The third-order valence-corrected chi connectivity index (χ3v) is 3.01. The highest BCUT2D eigenvalue weighted by atomic mass is 16.7. The van der Waals surface area contributed by atoms with E-state index in [1.54, 1.807) is 20.4 Å². The first-order valence-electron chi connectivity index (χ1n) is 4.80. The molecule has 1 aliphatic carbocycles. The standard InChI is InChI=1S/C11H15NO2/c1-13-11(14-2)6-10(7-11)9-4-3-5-12-8-9/h3-5,8,10H,6-7H2,1-2H3. The Bertz CT molecular complexity index is 287. The van der Waals surface area contributed by atoms with Gasteiger partial charge in [-0.25, -0.2) is 0 Å². The number of aromatic nitrogens is 1. The summed E-state index contributed by atoms with van der Waals surface area (Å²) in [7, 11) is 3.39. The van der Waals surface area contributed by atoms with Gasteiger partial charge in [0.25, 0.3) is 0 Å². The molecule has 76 valence electrons. The third-order valence-electron chi connectivity index (χ3n) is 3.01. The Balaban J connectivity index is 2.01.